The van der Waals surface area contributed by atoms with Crippen LogP contribution in [-0.4, -0.2) is 10.4 Å². The lowest BCUT2D eigenvalue weighted by Crippen LogP contribution is -2.37. The maximum atomic E-state index is 12.7. The van der Waals surface area contributed by atoms with Gasteiger partial charge in [-0.25, -0.2) is 9.13 Å². The van der Waals surface area contributed by atoms with E-state index in [2.05, 4.69) is 35.8 Å². The Bertz CT molecular complexity index is 1100. The molecule has 0 spiro atoms. The van der Waals surface area contributed by atoms with Crippen molar-refractivity contribution in [1.82, 2.24) is 4.57 Å². The first-order valence-electron chi connectivity index (χ1n) is 9.04. The highest BCUT2D eigenvalue weighted by atomic mass is 16.1. The van der Waals surface area contributed by atoms with Crippen LogP contribution in [0.2, 0.25) is 0 Å². The topological polar surface area (TPSA) is 51.9 Å². The summed E-state index contributed by atoms with van der Waals surface area (Å²) in [6, 6.07) is 25.8. The van der Waals surface area contributed by atoms with Gasteiger partial charge in [-0.05, 0) is 24.6 Å². The second-order valence-electron chi connectivity index (χ2n) is 6.79. The van der Waals surface area contributed by atoms with E-state index in [4.69, 9.17) is 5.73 Å². The number of para-hydroxylation sites is 2. The van der Waals surface area contributed by atoms with E-state index in [1.165, 1.54) is 11.1 Å². The maximum absolute atomic E-state index is 12.7. The number of anilines is 1. The zero-order chi connectivity index (χ0) is 18.8. The standard InChI is InChI=1S/C23H21N3O/c1-17-11-13-18(14-12-17)15-25-20-9-5-6-10-21(20)26(23(25)24)16-22(27)19-7-3-2-4-8-19/h2-14,24H,15-16H2,1H3/p+1. The van der Waals surface area contributed by atoms with Gasteiger partial charge in [0.05, 0.1) is 6.54 Å². The first-order valence-corrected chi connectivity index (χ1v) is 9.04. The number of benzene rings is 3. The van der Waals surface area contributed by atoms with E-state index in [1.54, 1.807) is 0 Å². The largest absolute Gasteiger partial charge is 0.356 e. The van der Waals surface area contributed by atoms with Gasteiger partial charge in [0.15, 0.2) is 5.78 Å². The zero-order valence-corrected chi connectivity index (χ0v) is 15.3. The molecular formula is C23H22N3O+. The van der Waals surface area contributed by atoms with Gasteiger partial charge in [0, 0.05) is 5.56 Å². The lowest BCUT2D eigenvalue weighted by Gasteiger charge is -2.04. The number of ketones is 1. The van der Waals surface area contributed by atoms with Crippen molar-refractivity contribution in [3.05, 3.63) is 95.6 Å². The summed E-state index contributed by atoms with van der Waals surface area (Å²) in [5.41, 5.74) is 11.6. The van der Waals surface area contributed by atoms with Gasteiger partial charge in [0.2, 0.25) is 0 Å². The predicted octanol–water partition coefficient (Wildman–Crippen LogP) is 3.75. The van der Waals surface area contributed by atoms with E-state index in [9.17, 15) is 4.79 Å². The van der Waals surface area contributed by atoms with Gasteiger partial charge in [-0.2, -0.15) is 0 Å². The predicted molar refractivity (Wildman–Crippen MR) is 108 cm³/mol. The second kappa shape index (κ2) is 7.08. The van der Waals surface area contributed by atoms with Crippen LogP contribution in [0.4, 0.5) is 5.95 Å². The molecule has 4 rings (SSSR count). The lowest BCUT2D eigenvalue weighted by atomic mass is 10.1. The fourth-order valence-electron chi connectivity index (χ4n) is 3.38. The molecule has 3 aromatic carbocycles. The molecular weight excluding hydrogens is 334 g/mol. The molecule has 27 heavy (non-hydrogen) atoms. The average molecular weight is 356 g/mol. The number of nitrogens with two attached hydrogens (primary N) is 1. The van der Waals surface area contributed by atoms with Gasteiger partial charge in [0.25, 0.3) is 0 Å². The average Bonchev–Trinajstić information content (AvgIpc) is 2.96. The van der Waals surface area contributed by atoms with Gasteiger partial charge in [-0.1, -0.05) is 72.3 Å². The van der Waals surface area contributed by atoms with Gasteiger partial charge in [0.1, 0.15) is 17.6 Å². The molecule has 2 N–H and O–H groups in total. The molecule has 4 nitrogen and oxygen atoms in total. The van der Waals surface area contributed by atoms with Crippen molar-refractivity contribution in [3.63, 3.8) is 0 Å². The fraction of sp³-hybridized carbons (Fsp3) is 0.130. The molecule has 0 aliphatic heterocycles. The van der Waals surface area contributed by atoms with E-state index in [0.29, 0.717) is 18.1 Å². The molecule has 0 fully saturated rings. The molecule has 0 aliphatic rings. The third-order valence-corrected chi connectivity index (χ3v) is 4.88. The van der Waals surface area contributed by atoms with Gasteiger partial charge in [-0.15, -0.1) is 0 Å². The Labute approximate surface area is 158 Å². The number of fused-ring (bicyclic) bond motifs is 1. The number of aromatic nitrogens is 2. The third-order valence-electron chi connectivity index (χ3n) is 4.88. The second-order valence-corrected chi connectivity index (χ2v) is 6.79. The SMILES string of the molecule is Cc1ccc(C[n+]2c(N)n(CC(=O)c3ccccc3)c3ccccc32)cc1. The molecule has 0 saturated carbocycles. The molecule has 4 aromatic rings. The van der Waals surface area contributed by atoms with Crippen molar-refractivity contribution in [3.8, 4) is 0 Å². The molecule has 134 valence electrons. The Morgan fingerprint density at radius 3 is 2.33 bits per heavy atom. The van der Waals surface area contributed by atoms with Crippen LogP contribution < -0.4 is 10.3 Å². The van der Waals surface area contributed by atoms with Crippen LogP contribution in [0.15, 0.2) is 78.9 Å². The monoisotopic (exact) mass is 356 g/mol. The van der Waals surface area contributed by atoms with Crippen molar-refractivity contribution < 1.29 is 9.36 Å². The first-order chi connectivity index (χ1) is 13.1. The summed E-state index contributed by atoms with van der Waals surface area (Å²) in [7, 11) is 0. The van der Waals surface area contributed by atoms with E-state index in [-0.39, 0.29) is 12.3 Å². The first kappa shape index (κ1) is 17.0. The minimum absolute atomic E-state index is 0.0468. The molecule has 4 heteroatoms. The smallest absolute Gasteiger partial charge is 0.291 e. The Hall–Kier alpha value is -3.40. The number of aryl methyl sites for hydroxylation is 1. The zero-order valence-electron chi connectivity index (χ0n) is 15.3. The van der Waals surface area contributed by atoms with Crippen LogP contribution in [0.5, 0.6) is 0 Å². The van der Waals surface area contributed by atoms with E-state index < -0.39 is 0 Å². The van der Waals surface area contributed by atoms with Crippen LogP contribution in [0.1, 0.15) is 21.5 Å². The molecule has 0 radical (unpaired) electrons. The molecule has 0 atom stereocenters. The van der Waals surface area contributed by atoms with Crippen LogP contribution in [-0.2, 0) is 13.1 Å². The highest BCUT2D eigenvalue weighted by Gasteiger charge is 2.23. The van der Waals surface area contributed by atoms with Gasteiger partial charge in [-0.3, -0.25) is 10.5 Å². The summed E-state index contributed by atoms with van der Waals surface area (Å²) in [6.45, 7) is 2.96. The number of hydrogen-bond acceptors (Lipinski definition) is 2. The molecule has 0 unspecified atom stereocenters. The van der Waals surface area contributed by atoms with E-state index >= 15 is 0 Å². The molecule has 0 saturated heterocycles. The Morgan fingerprint density at radius 1 is 0.926 bits per heavy atom. The number of carbonyl (C=O) groups is 1. The number of nitrogen functional groups attached to an aromatic ring is 1. The maximum Gasteiger partial charge on any atom is 0.356 e. The number of nitrogens with zero attached hydrogens (tertiary/aromatic N) is 2. The van der Waals surface area contributed by atoms with Gasteiger partial charge < -0.3 is 0 Å². The van der Waals surface area contributed by atoms with Crippen LogP contribution in [0.25, 0.3) is 11.0 Å². The summed E-state index contributed by atoms with van der Waals surface area (Å²) in [5, 5.41) is 0. The lowest BCUT2D eigenvalue weighted by molar-refractivity contribution is -0.648. The number of imidazole rings is 1. The number of Topliss-reactive ketones (excluding diaryl/α,β-unsaturated/α-hetero) is 1. The van der Waals surface area contributed by atoms with Crippen LogP contribution in [0, 0.1) is 6.92 Å². The minimum atomic E-state index is 0.0468. The Balaban J connectivity index is 1.74. The highest BCUT2D eigenvalue weighted by Crippen LogP contribution is 2.18. The molecule has 0 aliphatic carbocycles. The van der Waals surface area contributed by atoms with Crippen molar-refractivity contribution in [2.75, 3.05) is 5.73 Å². The summed E-state index contributed by atoms with van der Waals surface area (Å²) in [6.07, 6.45) is 0. The van der Waals surface area contributed by atoms with E-state index in [0.717, 1.165) is 11.0 Å². The molecule has 0 bridgehead atoms. The highest BCUT2D eigenvalue weighted by molar-refractivity contribution is 5.96. The summed E-state index contributed by atoms with van der Waals surface area (Å²) in [4.78, 5) is 12.7. The van der Waals surface area contributed by atoms with Gasteiger partial charge >= 0.3 is 5.95 Å². The number of rotatable bonds is 5. The van der Waals surface area contributed by atoms with E-state index in [1.807, 2.05) is 59.2 Å². The Kier molecular flexibility index (Phi) is 4.47. The minimum Gasteiger partial charge on any atom is -0.291 e. The quantitative estimate of drug-likeness (QED) is 0.437. The van der Waals surface area contributed by atoms with Crippen LogP contribution in [0.3, 0.4) is 0 Å². The summed E-state index contributed by atoms with van der Waals surface area (Å²) >= 11 is 0. The summed E-state index contributed by atoms with van der Waals surface area (Å²) in [5.74, 6) is 0.631. The van der Waals surface area contributed by atoms with Crippen molar-refractivity contribution >= 4 is 22.8 Å². The molecule has 1 aromatic heterocycles. The third kappa shape index (κ3) is 3.34. The number of carbonyl (C=O) groups excluding carboxylic acids is 1. The van der Waals surface area contributed by atoms with Crippen molar-refractivity contribution in [2.24, 2.45) is 0 Å². The van der Waals surface area contributed by atoms with Crippen molar-refractivity contribution in [2.45, 2.75) is 20.0 Å². The summed E-state index contributed by atoms with van der Waals surface area (Å²) < 4.78 is 3.97. The van der Waals surface area contributed by atoms with Crippen molar-refractivity contribution in [1.29, 1.82) is 0 Å². The number of hydrogen-bond donors (Lipinski definition) is 1. The normalized spacial score (nSPS) is 11.0. The molecule has 0 amide bonds. The van der Waals surface area contributed by atoms with Crippen LogP contribution >= 0.6 is 0 Å². The Morgan fingerprint density at radius 2 is 1.59 bits per heavy atom. The molecule has 1 heterocycles. The fourth-order valence-corrected chi connectivity index (χ4v) is 3.38.